The van der Waals surface area contributed by atoms with E-state index in [2.05, 4.69) is 10.6 Å². The SMILES string of the molecule is O=C(CCCNC(=O)c1ccc(F)cc1F)NCCCOC1CCCCC1. The number of rotatable bonds is 10. The zero-order valence-corrected chi connectivity index (χ0v) is 15.6. The van der Waals surface area contributed by atoms with E-state index in [0.29, 0.717) is 31.7 Å². The summed E-state index contributed by atoms with van der Waals surface area (Å²) in [4.78, 5) is 23.6. The van der Waals surface area contributed by atoms with Gasteiger partial charge in [-0.15, -0.1) is 0 Å². The molecule has 5 nitrogen and oxygen atoms in total. The van der Waals surface area contributed by atoms with E-state index in [4.69, 9.17) is 4.74 Å². The first-order valence-corrected chi connectivity index (χ1v) is 9.68. The predicted octanol–water partition coefficient (Wildman–Crippen LogP) is 3.33. The fourth-order valence-electron chi connectivity index (χ4n) is 3.09. The highest BCUT2D eigenvalue weighted by Gasteiger charge is 2.13. The number of hydrogen-bond acceptors (Lipinski definition) is 3. The van der Waals surface area contributed by atoms with Crippen LogP contribution in [0.3, 0.4) is 0 Å². The van der Waals surface area contributed by atoms with E-state index < -0.39 is 17.5 Å². The molecule has 0 radical (unpaired) electrons. The Balaban J connectivity index is 1.49. The molecule has 0 unspecified atom stereocenters. The van der Waals surface area contributed by atoms with Crippen molar-refractivity contribution in [2.24, 2.45) is 0 Å². The first kappa shape index (κ1) is 21.3. The van der Waals surface area contributed by atoms with Gasteiger partial charge in [-0.05, 0) is 37.8 Å². The van der Waals surface area contributed by atoms with Gasteiger partial charge in [0.05, 0.1) is 11.7 Å². The maximum Gasteiger partial charge on any atom is 0.254 e. The van der Waals surface area contributed by atoms with Gasteiger partial charge in [0.15, 0.2) is 0 Å². The van der Waals surface area contributed by atoms with Gasteiger partial charge in [-0.3, -0.25) is 9.59 Å². The predicted molar refractivity (Wildman–Crippen MR) is 98.4 cm³/mol. The van der Waals surface area contributed by atoms with Crippen LogP contribution in [0, 0.1) is 11.6 Å². The summed E-state index contributed by atoms with van der Waals surface area (Å²) in [5, 5.41) is 5.35. The van der Waals surface area contributed by atoms with Crippen LogP contribution < -0.4 is 10.6 Å². The molecule has 2 N–H and O–H groups in total. The Kier molecular flexibility index (Phi) is 9.18. The molecule has 0 atom stereocenters. The molecule has 1 aliphatic rings. The van der Waals surface area contributed by atoms with Crippen LogP contribution in [0.1, 0.15) is 61.7 Å². The van der Waals surface area contributed by atoms with Gasteiger partial charge in [0.1, 0.15) is 11.6 Å². The molecular weight excluding hydrogens is 354 g/mol. The van der Waals surface area contributed by atoms with Gasteiger partial charge in [0.25, 0.3) is 5.91 Å². The lowest BCUT2D eigenvalue weighted by molar-refractivity contribution is -0.121. The molecule has 2 rings (SSSR count). The van der Waals surface area contributed by atoms with E-state index in [1.807, 2.05) is 0 Å². The molecule has 0 bridgehead atoms. The fraction of sp³-hybridized carbons (Fsp3) is 0.600. The van der Waals surface area contributed by atoms with Crippen molar-refractivity contribution in [1.82, 2.24) is 10.6 Å². The normalized spacial score (nSPS) is 14.7. The van der Waals surface area contributed by atoms with Gasteiger partial charge in [-0.1, -0.05) is 19.3 Å². The lowest BCUT2D eigenvalue weighted by Crippen LogP contribution is -2.29. The van der Waals surface area contributed by atoms with Crippen LogP contribution in [0.15, 0.2) is 18.2 Å². The van der Waals surface area contributed by atoms with Gasteiger partial charge < -0.3 is 15.4 Å². The molecular formula is C20H28F2N2O3. The van der Waals surface area contributed by atoms with E-state index in [1.165, 1.54) is 19.3 Å². The molecule has 1 aromatic rings. The van der Waals surface area contributed by atoms with Crippen molar-refractivity contribution < 1.29 is 23.1 Å². The molecule has 0 spiro atoms. The zero-order valence-electron chi connectivity index (χ0n) is 15.6. The van der Waals surface area contributed by atoms with Crippen molar-refractivity contribution in [2.45, 2.75) is 57.5 Å². The van der Waals surface area contributed by atoms with Crippen molar-refractivity contribution in [3.63, 3.8) is 0 Å². The first-order valence-electron chi connectivity index (χ1n) is 9.68. The number of ether oxygens (including phenoxy) is 1. The minimum Gasteiger partial charge on any atom is -0.378 e. The molecule has 7 heteroatoms. The number of halogens is 2. The molecule has 0 aromatic heterocycles. The minimum atomic E-state index is -0.902. The number of benzene rings is 1. The van der Waals surface area contributed by atoms with Crippen LogP contribution in [-0.2, 0) is 9.53 Å². The third kappa shape index (κ3) is 8.03. The average molecular weight is 382 g/mol. The third-order valence-electron chi connectivity index (χ3n) is 4.59. The van der Waals surface area contributed by atoms with E-state index in [-0.39, 0.29) is 24.4 Å². The van der Waals surface area contributed by atoms with Crippen LogP contribution in [0.25, 0.3) is 0 Å². The molecule has 1 saturated carbocycles. The maximum atomic E-state index is 13.5. The number of hydrogen-bond donors (Lipinski definition) is 2. The van der Waals surface area contributed by atoms with Crippen molar-refractivity contribution >= 4 is 11.8 Å². The van der Waals surface area contributed by atoms with Crippen molar-refractivity contribution in [1.29, 1.82) is 0 Å². The molecule has 27 heavy (non-hydrogen) atoms. The summed E-state index contributed by atoms with van der Waals surface area (Å²) in [6, 6.07) is 2.80. The second-order valence-corrected chi connectivity index (χ2v) is 6.82. The number of amides is 2. The maximum absolute atomic E-state index is 13.5. The Bertz CT molecular complexity index is 619. The lowest BCUT2D eigenvalue weighted by atomic mass is 9.98. The Morgan fingerprint density at radius 3 is 2.52 bits per heavy atom. The summed E-state index contributed by atoms with van der Waals surface area (Å²) in [6.07, 6.45) is 7.94. The number of carbonyl (C=O) groups excluding carboxylic acids is 2. The van der Waals surface area contributed by atoms with Gasteiger partial charge >= 0.3 is 0 Å². The number of nitrogens with one attached hydrogen (secondary N) is 2. The molecule has 1 fully saturated rings. The monoisotopic (exact) mass is 382 g/mol. The van der Waals surface area contributed by atoms with Gasteiger partial charge in [-0.2, -0.15) is 0 Å². The van der Waals surface area contributed by atoms with Crippen LogP contribution in [0.4, 0.5) is 8.78 Å². The summed E-state index contributed by atoms with van der Waals surface area (Å²) in [5.74, 6) is -2.34. The van der Waals surface area contributed by atoms with Gasteiger partial charge in [0.2, 0.25) is 5.91 Å². The zero-order chi connectivity index (χ0) is 19.5. The number of carbonyl (C=O) groups is 2. The quantitative estimate of drug-likeness (QED) is 0.610. The molecule has 0 aliphatic heterocycles. The first-order chi connectivity index (χ1) is 13.1. The molecule has 0 saturated heterocycles. The second kappa shape index (κ2) is 11.6. The molecule has 0 heterocycles. The van der Waals surface area contributed by atoms with Gasteiger partial charge in [0, 0.05) is 32.2 Å². The molecule has 1 aromatic carbocycles. The van der Waals surface area contributed by atoms with E-state index in [9.17, 15) is 18.4 Å². The fourth-order valence-corrected chi connectivity index (χ4v) is 3.09. The van der Waals surface area contributed by atoms with Crippen LogP contribution in [0.5, 0.6) is 0 Å². The highest BCUT2D eigenvalue weighted by atomic mass is 19.1. The van der Waals surface area contributed by atoms with E-state index >= 15 is 0 Å². The van der Waals surface area contributed by atoms with Crippen molar-refractivity contribution in [3.05, 3.63) is 35.4 Å². The highest BCUT2D eigenvalue weighted by Crippen LogP contribution is 2.20. The topological polar surface area (TPSA) is 67.4 Å². The smallest absolute Gasteiger partial charge is 0.254 e. The summed E-state index contributed by atoms with van der Waals surface area (Å²) in [5.41, 5.74) is -0.209. The lowest BCUT2D eigenvalue weighted by Gasteiger charge is -2.21. The largest absolute Gasteiger partial charge is 0.378 e. The van der Waals surface area contributed by atoms with Crippen LogP contribution >= 0.6 is 0 Å². The summed E-state index contributed by atoms with van der Waals surface area (Å²) in [7, 11) is 0. The minimum absolute atomic E-state index is 0.0881. The Morgan fingerprint density at radius 2 is 1.78 bits per heavy atom. The molecule has 1 aliphatic carbocycles. The van der Waals surface area contributed by atoms with E-state index in [1.54, 1.807) is 0 Å². The van der Waals surface area contributed by atoms with Gasteiger partial charge in [-0.25, -0.2) is 8.78 Å². The summed E-state index contributed by atoms with van der Waals surface area (Å²) >= 11 is 0. The Labute approximate surface area is 158 Å². The van der Waals surface area contributed by atoms with Crippen LogP contribution in [0.2, 0.25) is 0 Å². The third-order valence-corrected chi connectivity index (χ3v) is 4.59. The van der Waals surface area contributed by atoms with Crippen molar-refractivity contribution in [3.8, 4) is 0 Å². The van der Waals surface area contributed by atoms with Crippen molar-refractivity contribution in [2.75, 3.05) is 19.7 Å². The van der Waals surface area contributed by atoms with Crippen LogP contribution in [-0.4, -0.2) is 37.6 Å². The second-order valence-electron chi connectivity index (χ2n) is 6.82. The van der Waals surface area contributed by atoms with E-state index in [0.717, 1.165) is 31.4 Å². The highest BCUT2D eigenvalue weighted by molar-refractivity contribution is 5.94. The summed E-state index contributed by atoms with van der Waals surface area (Å²) in [6.45, 7) is 1.47. The molecule has 2 amide bonds. The molecule has 150 valence electrons. The summed E-state index contributed by atoms with van der Waals surface area (Å²) < 4.78 is 32.1. The standard InChI is InChI=1S/C20H28F2N2O3/c21-15-9-10-17(18(22)14-15)20(26)24-11-4-8-19(25)23-12-5-13-27-16-6-2-1-3-7-16/h9-10,14,16H,1-8,11-13H2,(H,23,25)(H,24,26). The average Bonchev–Trinajstić information content (AvgIpc) is 2.65. The Hall–Kier alpha value is -2.02. The Morgan fingerprint density at radius 1 is 1.04 bits per heavy atom.